The number of nitrogens with two attached hydrogens (primary N) is 1. The smallest absolute Gasteiger partial charge is 0.351 e. The number of benzene rings is 1. The lowest BCUT2D eigenvalue weighted by molar-refractivity contribution is -0.0802. The van der Waals surface area contributed by atoms with Gasteiger partial charge in [-0.3, -0.25) is 9.13 Å². The number of rotatable bonds is 6. The molecule has 162 valence electrons. The number of ether oxygens (including phenoxy) is 1. The largest absolute Gasteiger partial charge is 0.390 e. The number of anilines is 1. The van der Waals surface area contributed by atoms with Gasteiger partial charge in [-0.05, 0) is 11.6 Å². The molecule has 0 radical (unpaired) electrons. The molecular formula is C18H22N3O8P. The predicted octanol–water partition coefficient (Wildman–Crippen LogP) is -0.846. The summed E-state index contributed by atoms with van der Waals surface area (Å²) in [4.78, 5) is 34.0. The number of aliphatic hydroxyl groups excluding tert-OH is 3. The molecule has 12 heteroatoms. The highest BCUT2D eigenvalue weighted by Crippen LogP contribution is 2.39. The SMILES string of the molecule is Nc1nc(=O)n([C@@H]2O[C@H]([C@H](O)CP(=O)(O)O)[C@@H](O)[C@H]2O)cc1/C=C/c1ccccc1. The Bertz CT molecular complexity index is 1020. The third kappa shape index (κ3) is 5.02. The topological polar surface area (TPSA) is 188 Å². The molecule has 0 aliphatic carbocycles. The van der Waals surface area contributed by atoms with E-state index in [2.05, 4.69) is 4.98 Å². The fraction of sp³-hybridized carbons (Fsp3) is 0.333. The van der Waals surface area contributed by atoms with Crippen LogP contribution in [-0.2, 0) is 9.30 Å². The lowest BCUT2D eigenvalue weighted by Gasteiger charge is -2.21. The van der Waals surface area contributed by atoms with Crippen molar-refractivity contribution in [3.8, 4) is 0 Å². The van der Waals surface area contributed by atoms with Crippen molar-refractivity contribution in [3.63, 3.8) is 0 Å². The van der Waals surface area contributed by atoms with E-state index < -0.39 is 50.1 Å². The van der Waals surface area contributed by atoms with E-state index in [4.69, 9.17) is 20.3 Å². The molecule has 1 aliphatic heterocycles. The van der Waals surface area contributed by atoms with Crippen molar-refractivity contribution in [3.05, 3.63) is 58.1 Å². The maximum absolute atomic E-state index is 12.3. The molecule has 1 saturated heterocycles. The van der Waals surface area contributed by atoms with E-state index in [0.29, 0.717) is 5.56 Å². The minimum Gasteiger partial charge on any atom is -0.390 e. The molecule has 1 aromatic carbocycles. The van der Waals surface area contributed by atoms with Gasteiger partial charge in [-0.15, -0.1) is 0 Å². The number of nitrogens with zero attached hydrogens (tertiary/aromatic N) is 2. The van der Waals surface area contributed by atoms with E-state index in [9.17, 15) is 24.7 Å². The minimum absolute atomic E-state index is 0.0606. The van der Waals surface area contributed by atoms with Crippen LogP contribution in [0.2, 0.25) is 0 Å². The molecule has 11 nitrogen and oxygen atoms in total. The van der Waals surface area contributed by atoms with Crippen LogP contribution in [0.1, 0.15) is 17.4 Å². The molecule has 0 spiro atoms. The van der Waals surface area contributed by atoms with Crippen LogP contribution in [0.25, 0.3) is 12.2 Å². The molecular weight excluding hydrogens is 417 g/mol. The van der Waals surface area contributed by atoms with E-state index in [1.165, 1.54) is 6.20 Å². The van der Waals surface area contributed by atoms with E-state index in [-0.39, 0.29) is 5.82 Å². The summed E-state index contributed by atoms with van der Waals surface area (Å²) in [5.74, 6) is -0.0606. The summed E-state index contributed by atoms with van der Waals surface area (Å²) in [5.41, 5.74) is 6.14. The van der Waals surface area contributed by atoms with Crippen LogP contribution in [0.15, 0.2) is 41.3 Å². The molecule has 3 rings (SSSR count). The number of nitrogen functional groups attached to an aromatic ring is 1. The molecule has 2 heterocycles. The van der Waals surface area contributed by atoms with Crippen LogP contribution in [-0.4, -0.2) is 65.2 Å². The molecule has 0 saturated carbocycles. The second-order valence-corrected chi connectivity index (χ2v) is 8.60. The van der Waals surface area contributed by atoms with Crippen LogP contribution < -0.4 is 11.4 Å². The quantitative estimate of drug-likeness (QED) is 0.309. The zero-order valence-corrected chi connectivity index (χ0v) is 16.5. The summed E-state index contributed by atoms with van der Waals surface area (Å²) in [6.45, 7) is 0. The van der Waals surface area contributed by atoms with Crippen molar-refractivity contribution in [2.24, 2.45) is 0 Å². The molecule has 0 bridgehead atoms. The van der Waals surface area contributed by atoms with Gasteiger partial charge in [-0.2, -0.15) is 4.98 Å². The Balaban J connectivity index is 1.89. The third-order valence-electron chi connectivity index (χ3n) is 4.62. The molecule has 0 amide bonds. The van der Waals surface area contributed by atoms with E-state index in [0.717, 1.165) is 10.1 Å². The monoisotopic (exact) mass is 439 g/mol. The van der Waals surface area contributed by atoms with Gasteiger partial charge in [0.2, 0.25) is 0 Å². The van der Waals surface area contributed by atoms with Crippen molar-refractivity contribution in [1.29, 1.82) is 0 Å². The van der Waals surface area contributed by atoms with Crippen LogP contribution in [0, 0.1) is 0 Å². The zero-order chi connectivity index (χ0) is 22.1. The maximum atomic E-state index is 12.3. The fourth-order valence-corrected chi connectivity index (χ4v) is 3.83. The Kier molecular flexibility index (Phi) is 6.53. The molecule has 2 aromatic rings. The Morgan fingerprint density at radius 3 is 2.50 bits per heavy atom. The maximum Gasteiger partial charge on any atom is 0.351 e. The highest BCUT2D eigenvalue weighted by atomic mass is 31.2. The molecule has 1 fully saturated rings. The van der Waals surface area contributed by atoms with Gasteiger partial charge in [0, 0.05) is 11.8 Å². The normalized spacial score (nSPS) is 25.6. The molecule has 7 N–H and O–H groups in total. The van der Waals surface area contributed by atoms with Gasteiger partial charge < -0.3 is 35.6 Å². The highest BCUT2D eigenvalue weighted by molar-refractivity contribution is 7.51. The molecule has 5 atom stereocenters. The highest BCUT2D eigenvalue weighted by Gasteiger charge is 2.48. The second kappa shape index (κ2) is 8.78. The average Bonchev–Trinajstić information content (AvgIpc) is 2.96. The summed E-state index contributed by atoms with van der Waals surface area (Å²) in [5, 5.41) is 30.5. The minimum atomic E-state index is -4.60. The Morgan fingerprint density at radius 2 is 1.87 bits per heavy atom. The first kappa shape index (κ1) is 22.3. The number of aromatic nitrogens is 2. The van der Waals surface area contributed by atoms with Crippen LogP contribution in [0.3, 0.4) is 0 Å². The Labute approximate surface area is 170 Å². The van der Waals surface area contributed by atoms with Gasteiger partial charge in [-0.1, -0.05) is 36.4 Å². The van der Waals surface area contributed by atoms with Crippen LogP contribution >= 0.6 is 7.60 Å². The van der Waals surface area contributed by atoms with E-state index in [1.54, 1.807) is 12.2 Å². The summed E-state index contributed by atoms with van der Waals surface area (Å²) < 4.78 is 17.4. The van der Waals surface area contributed by atoms with Crippen LogP contribution in [0.4, 0.5) is 5.82 Å². The summed E-state index contributed by atoms with van der Waals surface area (Å²) in [7, 11) is -4.60. The van der Waals surface area contributed by atoms with Crippen molar-refractivity contribution < 1.29 is 34.4 Å². The first-order chi connectivity index (χ1) is 14.1. The number of hydrogen-bond donors (Lipinski definition) is 6. The standard InChI is InChI=1S/C18H22N3O8P/c19-16-11(7-6-10-4-2-1-3-5-10)8-21(18(25)20-16)17-14(24)13(23)15(29-17)12(22)9-30(26,27)28/h1-8,12-15,17,22-24H,9H2,(H2,19,20,25)(H2,26,27,28)/b7-6+/t12-,13+,14-,15-,17-/m1/s1. The summed E-state index contributed by atoms with van der Waals surface area (Å²) >= 11 is 0. The lowest BCUT2D eigenvalue weighted by Crippen LogP contribution is -2.40. The van der Waals surface area contributed by atoms with E-state index >= 15 is 0 Å². The Hall–Kier alpha value is -2.37. The molecule has 1 aliphatic rings. The Morgan fingerprint density at radius 1 is 1.20 bits per heavy atom. The lowest BCUT2D eigenvalue weighted by atomic mass is 10.1. The van der Waals surface area contributed by atoms with Gasteiger partial charge in [0.15, 0.2) is 6.23 Å². The van der Waals surface area contributed by atoms with Gasteiger partial charge in [0.05, 0.1) is 12.3 Å². The summed E-state index contributed by atoms with van der Waals surface area (Å²) in [6, 6.07) is 9.24. The van der Waals surface area contributed by atoms with Gasteiger partial charge >= 0.3 is 13.3 Å². The van der Waals surface area contributed by atoms with Crippen molar-refractivity contribution in [1.82, 2.24) is 9.55 Å². The van der Waals surface area contributed by atoms with Crippen LogP contribution in [0.5, 0.6) is 0 Å². The summed E-state index contributed by atoms with van der Waals surface area (Å²) in [6.07, 6.45) is -4.45. The molecule has 1 aromatic heterocycles. The van der Waals surface area contributed by atoms with Gasteiger partial charge in [0.25, 0.3) is 0 Å². The first-order valence-corrected chi connectivity index (χ1v) is 10.7. The van der Waals surface area contributed by atoms with Crippen molar-refractivity contribution >= 4 is 25.6 Å². The second-order valence-electron chi connectivity index (χ2n) is 6.90. The number of aliphatic hydroxyl groups is 3. The zero-order valence-electron chi connectivity index (χ0n) is 15.6. The van der Waals surface area contributed by atoms with Gasteiger partial charge in [-0.25, -0.2) is 4.79 Å². The molecule has 30 heavy (non-hydrogen) atoms. The van der Waals surface area contributed by atoms with Crippen molar-refractivity contribution in [2.75, 3.05) is 11.9 Å². The fourth-order valence-electron chi connectivity index (χ4n) is 3.14. The first-order valence-electron chi connectivity index (χ1n) is 8.93. The molecule has 0 unspecified atom stereocenters. The predicted molar refractivity (Wildman–Crippen MR) is 107 cm³/mol. The average molecular weight is 439 g/mol. The number of hydrogen-bond acceptors (Lipinski definition) is 8. The van der Waals surface area contributed by atoms with Gasteiger partial charge in [0.1, 0.15) is 24.1 Å². The van der Waals surface area contributed by atoms with E-state index in [1.807, 2.05) is 30.3 Å². The third-order valence-corrected chi connectivity index (χ3v) is 5.47. The van der Waals surface area contributed by atoms with Crippen molar-refractivity contribution in [2.45, 2.75) is 30.6 Å².